The summed E-state index contributed by atoms with van der Waals surface area (Å²) in [6.07, 6.45) is 4.51. The standard InChI is InChI=1S/C24H30N2O5S/c1-3-30-22-12-9-18(16-23(22)31-4-2)24(27)26-14-13-17-15-20(10-11-21(17)26)32(28,29)25-19-7-5-6-8-19/h9-12,15-16,19,25H,3-8,13-14H2,1-2H3. The van der Waals surface area contributed by atoms with Crippen molar-refractivity contribution >= 4 is 21.6 Å². The maximum Gasteiger partial charge on any atom is 0.258 e. The second-order valence-corrected chi connectivity index (χ2v) is 9.84. The summed E-state index contributed by atoms with van der Waals surface area (Å²) in [4.78, 5) is 15.2. The van der Waals surface area contributed by atoms with Crippen LogP contribution in [0.3, 0.4) is 0 Å². The monoisotopic (exact) mass is 458 g/mol. The number of nitrogens with one attached hydrogen (secondary N) is 1. The molecule has 0 bridgehead atoms. The molecule has 0 saturated heterocycles. The molecule has 2 aromatic rings. The van der Waals surface area contributed by atoms with E-state index in [0.717, 1.165) is 36.9 Å². The van der Waals surface area contributed by atoms with Crippen molar-refractivity contribution in [2.45, 2.75) is 56.9 Å². The number of rotatable bonds is 8. The fourth-order valence-corrected chi connectivity index (χ4v) is 5.78. The molecule has 4 rings (SSSR count). The minimum absolute atomic E-state index is 0.0190. The Morgan fingerprint density at radius 3 is 2.47 bits per heavy atom. The number of fused-ring (bicyclic) bond motifs is 1. The number of ether oxygens (including phenoxy) is 2. The number of benzene rings is 2. The molecule has 1 fully saturated rings. The minimum Gasteiger partial charge on any atom is -0.490 e. The lowest BCUT2D eigenvalue weighted by Gasteiger charge is -2.19. The van der Waals surface area contributed by atoms with E-state index in [-0.39, 0.29) is 16.8 Å². The highest BCUT2D eigenvalue weighted by molar-refractivity contribution is 7.89. The first-order valence-corrected chi connectivity index (χ1v) is 12.8. The zero-order valence-corrected chi connectivity index (χ0v) is 19.4. The van der Waals surface area contributed by atoms with Crippen LogP contribution >= 0.6 is 0 Å². The number of carbonyl (C=O) groups is 1. The zero-order valence-electron chi connectivity index (χ0n) is 18.6. The molecule has 0 spiro atoms. The quantitative estimate of drug-likeness (QED) is 0.648. The molecule has 2 aliphatic rings. The van der Waals surface area contributed by atoms with Gasteiger partial charge in [-0.25, -0.2) is 13.1 Å². The van der Waals surface area contributed by atoms with Crippen LogP contribution in [-0.2, 0) is 16.4 Å². The Labute approximate surface area is 189 Å². The number of anilines is 1. The third-order valence-corrected chi connectivity index (χ3v) is 7.49. The number of sulfonamides is 1. The van der Waals surface area contributed by atoms with Crippen LogP contribution in [-0.4, -0.2) is 40.1 Å². The summed E-state index contributed by atoms with van der Waals surface area (Å²) < 4.78 is 39.6. The van der Waals surface area contributed by atoms with Crippen LogP contribution in [0, 0.1) is 0 Å². The van der Waals surface area contributed by atoms with Gasteiger partial charge in [0.1, 0.15) is 0 Å². The average Bonchev–Trinajstić information content (AvgIpc) is 3.43. The molecule has 1 N–H and O–H groups in total. The second kappa shape index (κ2) is 9.50. The van der Waals surface area contributed by atoms with Crippen LogP contribution < -0.4 is 19.1 Å². The molecule has 1 aliphatic carbocycles. The van der Waals surface area contributed by atoms with Gasteiger partial charge in [-0.3, -0.25) is 4.79 Å². The van der Waals surface area contributed by atoms with Crippen molar-refractivity contribution in [1.82, 2.24) is 4.72 Å². The number of carbonyl (C=O) groups excluding carboxylic acids is 1. The summed E-state index contributed by atoms with van der Waals surface area (Å²) in [5.41, 5.74) is 2.12. The van der Waals surface area contributed by atoms with Crippen LogP contribution in [0.1, 0.15) is 55.5 Å². The lowest BCUT2D eigenvalue weighted by molar-refractivity contribution is 0.0989. The van der Waals surface area contributed by atoms with Gasteiger partial charge in [0, 0.05) is 23.8 Å². The molecule has 0 aromatic heterocycles. The lowest BCUT2D eigenvalue weighted by atomic mass is 10.1. The van der Waals surface area contributed by atoms with E-state index in [0.29, 0.717) is 43.2 Å². The first-order chi connectivity index (χ1) is 15.4. The molecular formula is C24H30N2O5S. The highest BCUT2D eigenvalue weighted by atomic mass is 32.2. The Morgan fingerprint density at radius 2 is 1.75 bits per heavy atom. The van der Waals surface area contributed by atoms with Crippen molar-refractivity contribution in [1.29, 1.82) is 0 Å². The van der Waals surface area contributed by atoms with Crippen molar-refractivity contribution in [3.8, 4) is 11.5 Å². The van der Waals surface area contributed by atoms with E-state index < -0.39 is 10.0 Å². The van der Waals surface area contributed by atoms with E-state index >= 15 is 0 Å². The van der Waals surface area contributed by atoms with Gasteiger partial charge in [-0.15, -0.1) is 0 Å². The fraction of sp³-hybridized carbons (Fsp3) is 0.458. The molecule has 1 saturated carbocycles. The average molecular weight is 459 g/mol. The summed E-state index contributed by atoms with van der Waals surface area (Å²) >= 11 is 0. The predicted molar refractivity (Wildman–Crippen MR) is 123 cm³/mol. The maximum absolute atomic E-state index is 13.2. The highest BCUT2D eigenvalue weighted by Crippen LogP contribution is 2.34. The Morgan fingerprint density at radius 1 is 1.03 bits per heavy atom. The third kappa shape index (κ3) is 4.61. The molecule has 1 aliphatic heterocycles. The summed E-state index contributed by atoms with van der Waals surface area (Å²) in [5, 5.41) is 0. The van der Waals surface area contributed by atoms with E-state index in [1.54, 1.807) is 41.3 Å². The van der Waals surface area contributed by atoms with E-state index in [1.807, 2.05) is 13.8 Å². The molecule has 8 heteroatoms. The van der Waals surface area contributed by atoms with Crippen molar-refractivity contribution in [2.75, 3.05) is 24.7 Å². The molecule has 32 heavy (non-hydrogen) atoms. The smallest absolute Gasteiger partial charge is 0.258 e. The molecule has 7 nitrogen and oxygen atoms in total. The molecule has 1 heterocycles. The van der Waals surface area contributed by atoms with Crippen LogP contribution in [0.25, 0.3) is 0 Å². The van der Waals surface area contributed by atoms with Gasteiger partial charge < -0.3 is 14.4 Å². The molecular weight excluding hydrogens is 428 g/mol. The van der Waals surface area contributed by atoms with Gasteiger partial charge in [0.25, 0.3) is 5.91 Å². The van der Waals surface area contributed by atoms with E-state index in [1.165, 1.54) is 0 Å². The second-order valence-electron chi connectivity index (χ2n) is 8.13. The Hall–Kier alpha value is -2.58. The van der Waals surface area contributed by atoms with Gasteiger partial charge in [0.05, 0.1) is 18.1 Å². The van der Waals surface area contributed by atoms with Crippen LogP contribution in [0.15, 0.2) is 41.3 Å². The van der Waals surface area contributed by atoms with Crippen molar-refractivity contribution in [3.63, 3.8) is 0 Å². The van der Waals surface area contributed by atoms with E-state index in [9.17, 15) is 13.2 Å². The number of hydrogen-bond acceptors (Lipinski definition) is 5. The molecule has 1 amide bonds. The molecule has 0 radical (unpaired) electrons. The van der Waals surface area contributed by atoms with E-state index in [2.05, 4.69) is 4.72 Å². The Kier molecular flexibility index (Phi) is 6.71. The molecule has 2 aromatic carbocycles. The zero-order chi connectivity index (χ0) is 22.7. The largest absolute Gasteiger partial charge is 0.490 e. The van der Waals surface area contributed by atoms with Crippen molar-refractivity contribution < 1.29 is 22.7 Å². The highest BCUT2D eigenvalue weighted by Gasteiger charge is 2.29. The first-order valence-electron chi connectivity index (χ1n) is 11.3. The first kappa shape index (κ1) is 22.6. The summed E-state index contributed by atoms with van der Waals surface area (Å²) in [6.45, 7) is 5.26. The topological polar surface area (TPSA) is 84.9 Å². The summed E-state index contributed by atoms with van der Waals surface area (Å²) in [5.74, 6) is 1.00. The third-order valence-electron chi connectivity index (χ3n) is 5.97. The Balaban J connectivity index is 1.55. The number of amides is 1. The van der Waals surface area contributed by atoms with Gasteiger partial charge in [-0.05, 0) is 75.1 Å². The summed E-state index contributed by atoms with van der Waals surface area (Å²) in [7, 11) is -3.56. The molecule has 0 unspecified atom stereocenters. The maximum atomic E-state index is 13.2. The van der Waals surface area contributed by atoms with Gasteiger partial charge in [0.2, 0.25) is 10.0 Å². The van der Waals surface area contributed by atoms with Crippen molar-refractivity contribution in [3.05, 3.63) is 47.5 Å². The predicted octanol–water partition coefficient (Wildman–Crippen LogP) is 3.91. The molecule has 0 atom stereocenters. The van der Waals surface area contributed by atoms with Crippen molar-refractivity contribution in [2.24, 2.45) is 0 Å². The van der Waals surface area contributed by atoms with Crippen LogP contribution in [0.4, 0.5) is 5.69 Å². The summed E-state index contributed by atoms with van der Waals surface area (Å²) in [6, 6.07) is 10.2. The van der Waals surface area contributed by atoms with Gasteiger partial charge >= 0.3 is 0 Å². The van der Waals surface area contributed by atoms with Crippen LogP contribution in [0.5, 0.6) is 11.5 Å². The van der Waals surface area contributed by atoms with Gasteiger partial charge in [-0.1, -0.05) is 12.8 Å². The molecule has 172 valence electrons. The SMILES string of the molecule is CCOc1ccc(C(=O)N2CCc3cc(S(=O)(=O)NC4CCCC4)ccc32)cc1OCC. The van der Waals surface area contributed by atoms with Crippen LogP contribution in [0.2, 0.25) is 0 Å². The minimum atomic E-state index is -3.56. The van der Waals surface area contributed by atoms with E-state index in [4.69, 9.17) is 9.47 Å². The number of hydrogen-bond donors (Lipinski definition) is 1. The lowest BCUT2D eigenvalue weighted by Crippen LogP contribution is -2.32. The number of nitrogens with zero attached hydrogens (tertiary/aromatic N) is 1. The van der Waals surface area contributed by atoms with Gasteiger partial charge in [-0.2, -0.15) is 0 Å². The van der Waals surface area contributed by atoms with Gasteiger partial charge in [0.15, 0.2) is 11.5 Å². The fourth-order valence-electron chi connectivity index (χ4n) is 4.43. The Bertz CT molecular complexity index is 1090. The normalized spacial score (nSPS) is 16.2.